The zero-order chi connectivity index (χ0) is 28.5. The van der Waals surface area contributed by atoms with Crippen molar-refractivity contribution < 1.29 is 0 Å². The Hall–Kier alpha value is -5.34. The van der Waals surface area contributed by atoms with Gasteiger partial charge >= 0.3 is 0 Å². The van der Waals surface area contributed by atoms with E-state index in [1.54, 1.807) is 0 Å². The third-order valence-electron chi connectivity index (χ3n) is 7.88. The van der Waals surface area contributed by atoms with Crippen molar-refractivity contribution in [2.75, 3.05) is 9.80 Å². The van der Waals surface area contributed by atoms with Crippen LogP contribution in [-0.2, 0) is 0 Å². The summed E-state index contributed by atoms with van der Waals surface area (Å²) in [7, 11) is 0. The lowest BCUT2D eigenvalue weighted by atomic mass is 10.0. The van der Waals surface area contributed by atoms with Crippen LogP contribution in [0.1, 0.15) is 11.1 Å². The summed E-state index contributed by atoms with van der Waals surface area (Å²) < 4.78 is 0. The van der Waals surface area contributed by atoms with Crippen molar-refractivity contribution in [1.29, 1.82) is 0 Å². The second-order valence-corrected chi connectivity index (χ2v) is 10.9. The quantitative estimate of drug-likeness (QED) is 0.207. The number of anilines is 6. The van der Waals surface area contributed by atoms with Crippen LogP contribution in [0.2, 0.25) is 0 Å². The predicted molar refractivity (Wildman–Crippen MR) is 180 cm³/mol. The zero-order valence-electron chi connectivity index (χ0n) is 23.9. The van der Waals surface area contributed by atoms with Crippen molar-refractivity contribution >= 4 is 55.7 Å². The van der Waals surface area contributed by atoms with Gasteiger partial charge in [0.25, 0.3) is 0 Å². The largest absolute Gasteiger partial charge is 0.310 e. The SMILES string of the molecule is Cc1cccc(N(c2cccc(N(c3cccc(C)c3)c3cccc4ccccc34)c2)c2cccc3ccccc23)c1. The molecule has 2 nitrogen and oxygen atoms in total. The normalized spacial score (nSPS) is 11.1. The molecule has 0 saturated carbocycles. The van der Waals surface area contributed by atoms with Gasteiger partial charge in [0.15, 0.2) is 0 Å². The topological polar surface area (TPSA) is 6.48 Å². The van der Waals surface area contributed by atoms with E-state index in [-0.39, 0.29) is 0 Å². The van der Waals surface area contributed by atoms with Crippen LogP contribution in [0, 0.1) is 13.8 Å². The van der Waals surface area contributed by atoms with Gasteiger partial charge in [-0.05, 0) is 90.3 Å². The van der Waals surface area contributed by atoms with Crippen molar-refractivity contribution in [2.24, 2.45) is 0 Å². The second kappa shape index (κ2) is 10.9. The van der Waals surface area contributed by atoms with Crippen molar-refractivity contribution in [1.82, 2.24) is 0 Å². The Morgan fingerprint density at radius 2 is 0.690 bits per heavy atom. The molecule has 0 aliphatic rings. The van der Waals surface area contributed by atoms with Crippen LogP contribution in [0.4, 0.5) is 34.1 Å². The molecule has 202 valence electrons. The molecule has 0 spiro atoms. The van der Waals surface area contributed by atoms with E-state index < -0.39 is 0 Å². The molecule has 2 heteroatoms. The van der Waals surface area contributed by atoms with E-state index in [4.69, 9.17) is 0 Å². The molecule has 0 radical (unpaired) electrons. The number of rotatable bonds is 6. The first kappa shape index (κ1) is 25.6. The van der Waals surface area contributed by atoms with Crippen LogP contribution in [0.5, 0.6) is 0 Å². The minimum Gasteiger partial charge on any atom is -0.310 e. The first-order valence-corrected chi connectivity index (χ1v) is 14.4. The van der Waals surface area contributed by atoms with Gasteiger partial charge in [0.2, 0.25) is 0 Å². The summed E-state index contributed by atoms with van der Waals surface area (Å²) in [6.07, 6.45) is 0. The molecule has 0 saturated heterocycles. The maximum atomic E-state index is 2.39. The summed E-state index contributed by atoms with van der Waals surface area (Å²) in [5, 5.41) is 4.88. The van der Waals surface area contributed by atoms with Crippen molar-refractivity contribution in [3.05, 3.63) is 169 Å². The molecule has 7 rings (SSSR count). The van der Waals surface area contributed by atoms with Gasteiger partial charge in [-0.3, -0.25) is 0 Å². The van der Waals surface area contributed by atoms with E-state index in [9.17, 15) is 0 Å². The van der Waals surface area contributed by atoms with Crippen molar-refractivity contribution in [3.63, 3.8) is 0 Å². The second-order valence-electron chi connectivity index (χ2n) is 10.9. The highest BCUT2D eigenvalue weighted by Gasteiger charge is 2.19. The number of aryl methyl sites for hydroxylation is 2. The lowest BCUT2D eigenvalue weighted by Crippen LogP contribution is -2.14. The number of hydrogen-bond donors (Lipinski definition) is 0. The van der Waals surface area contributed by atoms with Gasteiger partial charge in [0.1, 0.15) is 0 Å². The summed E-state index contributed by atoms with van der Waals surface area (Å²) in [6.45, 7) is 4.31. The highest BCUT2D eigenvalue weighted by Crippen LogP contribution is 2.43. The van der Waals surface area contributed by atoms with Crippen LogP contribution in [-0.4, -0.2) is 0 Å². The molecule has 0 unspecified atom stereocenters. The molecule has 0 aromatic heterocycles. The molecule has 0 aliphatic heterocycles. The molecule has 42 heavy (non-hydrogen) atoms. The Balaban J connectivity index is 1.47. The Labute approximate surface area is 247 Å². The van der Waals surface area contributed by atoms with E-state index >= 15 is 0 Å². The Bertz CT molecular complexity index is 1890. The fourth-order valence-electron chi connectivity index (χ4n) is 5.97. The summed E-state index contributed by atoms with van der Waals surface area (Å²) in [5.41, 5.74) is 9.24. The number of hydrogen-bond acceptors (Lipinski definition) is 2. The molecular formula is C40H32N2. The number of fused-ring (bicyclic) bond motifs is 2. The van der Waals surface area contributed by atoms with Crippen LogP contribution in [0.25, 0.3) is 21.5 Å². The number of benzene rings is 7. The third kappa shape index (κ3) is 4.78. The average molecular weight is 541 g/mol. The zero-order valence-corrected chi connectivity index (χ0v) is 23.9. The van der Waals surface area contributed by atoms with Crippen LogP contribution in [0.3, 0.4) is 0 Å². The maximum Gasteiger partial charge on any atom is 0.0540 e. The van der Waals surface area contributed by atoms with Gasteiger partial charge < -0.3 is 9.80 Å². The number of nitrogens with zero attached hydrogens (tertiary/aromatic N) is 2. The fourth-order valence-corrected chi connectivity index (χ4v) is 5.97. The minimum absolute atomic E-state index is 1.10. The Kier molecular flexibility index (Phi) is 6.65. The lowest BCUT2D eigenvalue weighted by Gasteiger charge is -2.30. The van der Waals surface area contributed by atoms with Gasteiger partial charge in [-0.1, -0.05) is 103 Å². The standard InChI is InChI=1S/C40H32N2/c1-29-12-7-18-33(26-29)41(39-24-9-16-31-14-3-5-22-37(31)39)35-20-11-21-36(28-35)42(34-19-8-13-30(2)27-34)40-25-10-17-32-15-4-6-23-38(32)40/h3-28H,1-2H3. The molecule has 0 atom stereocenters. The van der Waals surface area contributed by atoms with E-state index in [1.165, 1.54) is 32.7 Å². The van der Waals surface area contributed by atoms with Crippen molar-refractivity contribution in [2.45, 2.75) is 13.8 Å². The van der Waals surface area contributed by atoms with Gasteiger partial charge in [0.05, 0.1) is 11.4 Å². The van der Waals surface area contributed by atoms with Crippen LogP contribution in [0.15, 0.2) is 158 Å². The fraction of sp³-hybridized carbons (Fsp3) is 0.0500. The molecule has 0 aliphatic carbocycles. The highest BCUT2D eigenvalue weighted by molar-refractivity contribution is 6.01. The summed E-state index contributed by atoms with van der Waals surface area (Å²) in [6, 6.07) is 56.8. The molecule has 0 N–H and O–H groups in total. The van der Waals surface area contributed by atoms with E-state index in [0.717, 1.165) is 34.1 Å². The summed E-state index contributed by atoms with van der Waals surface area (Å²) >= 11 is 0. The average Bonchev–Trinajstić information content (AvgIpc) is 3.02. The predicted octanol–water partition coefficient (Wildman–Crippen LogP) is 11.5. The van der Waals surface area contributed by atoms with Gasteiger partial charge in [0, 0.05) is 33.5 Å². The molecular weight excluding hydrogens is 508 g/mol. The third-order valence-corrected chi connectivity index (χ3v) is 7.88. The van der Waals surface area contributed by atoms with Gasteiger partial charge in [-0.2, -0.15) is 0 Å². The highest BCUT2D eigenvalue weighted by atomic mass is 15.2. The monoisotopic (exact) mass is 540 g/mol. The smallest absolute Gasteiger partial charge is 0.0540 e. The van der Waals surface area contributed by atoms with E-state index in [1.807, 2.05) is 0 Å². The molecule has 7 aromatic rings. The molecule has 0 fully saturated rings. The summed E-state index contributed by atoms with van der Waals surface area (Å²) in [4.78, 5) is 4.77. The van der Waals surface area contributed by atoms with Gasteiger partial charge in [-0.25, -0.2) is 0 Å². The molecule has 0 bridgehead atoms. The first-order valence-electron chi connectivity index (χ1n) is 14.4. The lowest BCUT2D eigenvalue weighted by molar-refractivity contribution is 1.25. The van der Waals surface area contributed by atoms with Crippen molar-refractivity contribution in [3.8, 4) is 0 Å². The van der Waals surface area contributed by atoms with E-state index in [0.29, 0.717) is 0 Å². The Morgan fingerprint density at radius 1 is 0.333 bits per heavy atom. The molecule has 0 amide bonds. The van der Waals surface area contributed by atoms with E-state index in [2.05, 4.69) is 181 Å². The Morgan fingerprint density at radius 3 is 1.14 bits per heavy atom. The molecule has 0 heterocycles. The maximum absolute atomic E-state index is 2.39. The van der Waals surface area contributed by atoms with Gasteiger partial charge in [-0.15, -0.1) is 0 Å². The minimum atomic E-state index is 1.10. The summed E-state index contributed by atoms with van der Waals surface area (Å²) in [5.74, 6) is 0. The van der Waals surface area contributed by atoms with Crippen LogP contribution >= 0.6 is 0 Å². The van der Waals surface area contributed by atoms with Crippen LogP contribution < -0.4 is 9.80 Å². The first-order chi connectivity index (χ1) is 20.7. The molecule has 7 aromatic carbocycles.